The number of hydrazine groups is 1. The van der Waals surface area contributed by atoms with E-state index in [0.717, 1.165) is 36.1 Å². The van der Waals surface area contributed by atoms with E-state index < -0.39 is 0 Å². The predicted molar refractivity (Wildman–Crippen MR) is 90.2 cm³/mol. The Bertz CT molecular complexity index is 760. The van der Waals surface area contributed by atoms with E-state index in [2.05, 4.69) is 24.5 Å². The summed E-state index contributed by atoms with van der Waals surface area (Å²) in [6.07, 6.45) is 2.98. The lowest BCUT2D eigenvalue weighted by molar-refractivity contribution is 0.0652. The first-order chi connectivity index (χ1) is 11.8. The third-order valence-corrected chi connectivity index (χ3v) is 4.73. The molecular formula is C18H22N4O2. The highest BCUT2D eigenvalue weighted by Gasteiger charge is 2.30. The van der Waals surface area contributed by atoms with E-state index >= 15 is 0 Å². The van der Waals surface area contributed by atoms with Gasteiger partial charge in [-0.2, -0.15) is 5.10 Å². The molecule has 1 fully saturated rings. The molecule has 1 aliphatic carbocycles. The van der Waals surface area contributed by atoms with Crippen molar-refractivity contribution < 1.29 is 9.53 Å². The number of rotatable bonds is 2. The Labute approximate surface area is 141 Å². The molecule has 2 aliphatic rings. The fraction of sp³-hybridized carbons (Fsp3) is 0.444. The molecule has 6 heteroatoms. The molecule has 0 atom stereocenters. The fourth-order valence-electron chi connectivity index (χ4n) is 3.50. The number of benzene rings is 1. The lowest BCUT2D eigenvalue weighted by Gasteiger charge is -2.19. The lowest BCUT2D eigenvalue weighted by Crippen LogP contribution is -2.44. The van der Waals surface area contributed by atoms with Crippen LogP contribution in [-0.4, -0.2) is 47.0 Å². The number of carbonyl (C=O) groups excluding carboxylic acids is 1. The van der Waals surface area contributed by atoms with Crippen LogP contribution >= 0.6 is 0 Å². The summed E-state index contributed by atoms with van der Waals surface area (Å²) >= 11 is 0. The minimum Gasteiger partial charge on any atom is -0.378 e. The molecule has 6 nitrogen and oxygen atoms in total. The second kappa shape index (κ2) is 6.37. The van der Waals surface area contributed by atoms with Crippen molar-refractivity contribution in [2.45, 2.75) is 26.2 Å². The summed E-state index contributed by atoms with van der Waals surface area (Å²) in [7, 11) is 0. The summed E-state index contributed by atoms with van der Waals surface area (Å²) < 4.78 is 7.38. The summed E-state index contributed by atoms with van der Waals surface area (Å²) in [6, 6.07) is 8.18. The van der Waals surface area contributed by atoms with Crippen molar-refractivity contribution in [1.29, 1.82) is 0 Å². The van der Waals surface area contributed by atoms with Gasteiger partial charge in [-0.3, -0.25) is 9.80 Å². The van der Waals surface area contributed by atoms with Crippen molar-refractivity contribution in [2.75, 3.05) is 26.3 Å². The highest BCUT2D eigenvalue weighted by atomic mass is 16.5. The number of hydrogen-bond acceptors (Lipinski definition) is 4. The quantitative estimate of drug-likeness (QED) is 0.912. The first-order valence-electron chi connectivity index (χ1n) is 8.55. The molecule has 2 aromatic rings. The summed E-state index contributed by atoms with van der Waals surface area (Å²) in [4.78, 5) is 13.0. The molecule has 0 saturated carbocycles. The monoisotopic (exact) mass is 326 g/mol. The molecule has 1 aromatic carbocycles. The zero-order valence-electron chi connectivity index (χ0n) is 13.9. The van der Waals surface area contributed by atoms with Gasteiger partial charge in [0.2, 0.25) is 0 Å². The van der Waals surface area contributed by atoms with Gasteiger partial charge in [-0.15, -0.1) is 0 Å². The Morgan fingerprint density at radius 2 is 2.12 bits per heavy atom. The van der Waals surface area contributed by atoms with E-state index in [1.165, 1.54) is 5.69 Å². The highest BCUT2D eigenvalue weighted by molar-refractivity contribution is 5.94. The number of nitrogens with one attached hydrogen (secondary N) is 1. The maximum atomic E-state index is 13.0. The van der Waals surface area contributed by atoms with Gasteiger partial charge in [-0.25, -0.2) is 10.1 Å². The average Bonchev–Trinajstić information content (AvgIpc) is 3.08. The minimum atomic E-state index is -0.0500. The van der Waals surface area contributed by atoms with Crippen LogP contribution in [0.5, 0.6) is 0 Å². The molecular weight excluding hydrogens is 304 g/mol. The van der Waals surface area contributed by atoms with Gasteiger partial charge in [0.05, 0.1) is 25.4 Å². The Balaban J connectivity index is 1.73. The van der Waals surface area contributed by atoms with E-state index in [4.69, 9.17) is 9.84 Å². The van der Waals surface area contributed by atoms with Crippen molar-refractivity contribution in [3.63, 3.8) is 0 Å². The standard InChI is InChI=1S/C18H22N4O2/c1-13-5-2-3-7-15(13)22-16-8-4-6-14(16)17(20-22)18(23)21-10-12-24-11-9-19-21/h2-3,5,7,19H,4,6,8-12H2,1H3. The number of aromatic nitrogens is 2. The second-order valence-corrected chi connectivity index (χ2v) is 6.30. The van der Waals surface area contributed by atoms with Crippen molar-refractivity contribution in [3.05, 3.63) is 46.8 Å². The van der Waals surface area contributed by atoms with Gasteiger partial charge >= 0.3 is 0 Å². The summed E-state index contributed by atoms with van der Waals surface area (Å²) in [5.41, 5.74) is 8.23. The molecule has 4 rings (SSSR count). The predicted octanol–water partition coefficient (Wildman–Crippen LogP) is 1.65. The lowest BCUT2D eigenvalue weighted by atomic mass is 10.1. The number of aryl methyl sites for hydroxylation is 1. The molecule has 0 unspecified atom stereocenters. The van der Waals surface area contributed by atoms with Gasteiger partial charge in [-0.1, -0.05) is 18.2 Å². The number of nitrogens with zero attached hydrogens (tertiary/aromatic N) is 3. The molecule has 1 aromatic heterocycles. The van der Waals surface area contributed by atoms with Crippen molar-refractivity contribution in [3.8, 4) is 5.69 Å². The van der Waals surface area contributed by atoms with Gasteiger partial charge in [0.15, 0.2) is 5.69 Å². The molecule has 0 radical (unpaired) electrons. The topological polar surface area (TPSA) is 59.4 Å². The van der Waals surface area contributed by atoms with Crippen LogP contribution in [0.2, 0.25) is 0 Å². The molecule has 126 valence electrons. The highest BCUT2D eigenvalue weighted by Crippen LogP contribution is 2.29. The van der Waals surface area contributed by atoms with Crippen LogP contribution in [0.3, 0.4) is 0 Å². The molecule has 0 bridgehead atoms. The van der Waals surface area contributed by atoms with Gasteiger partial charge in [0, 0.05) is 17.8 Å². The van der Waals surface area contributed by atoms with Crippen molar-refractivity contribution in [2.24, 2.45) is 0 Å². The van der Waals surface area contributed by atoms with Crippen LogP contribution in [0.4, 0.5) is 0 Å². The van der Waals surface area contributed by atoms with Crippen LogP contribution in [0.15, 0.2) is 24.3 Å². The molecule has 1 aliphatic heterocycles. The SMILES string of the molecule is Cc1ccccc1-n1nc(C(=O)N2CCOCCN2)c2c1CCC2. The third kappa shape index (κ3) is 2.61. The number of amides is 1. The van der Waals surface area contributed by atoms with Gasteiger partial charge in [0.25, 0.3) is 5.91 Å². The Morgan fingerprint density at radius 1 is 1.25 bits per heavy atom. The summed E-state index contributed by atoms with van der Waals surface area (Å²) in [6.45, 7) is 4.45. The first-order valence-corrected chi connectivity index (χ1v) is 8.55. The Morgan fingerprint density at radius 3 is 3.00 bits per heavy atom. The zero-order valence-corrected chi connectivity index (χ0v) is 13.9. The number of para-hydroxylation sites is 1. The van der Waals surface area contributed by atoms with Crippen LogP contribution in [0, 0.1) is 6.92 Å². The van der Waals surface area contributed by atoms with Crippen molar-refractivity contribution in [1.82, 2.24) is 20.2 Å². The van der Waals surface area contributed by atoms with E-state index in [9.17, 15) is 4.79 Å². The molecule has 24 heavy (non-hydrogen) atoms. The Kier molecular flexibility index (Phi) is 4.08. The minimum absolute atomic E-state index is 0.0500. The maximum absolute atomic E-state index is 13.0. The van der Waals surface area contributed by atoms with Crippen LogP contribution in [0.25, 0.3) is 5.69 Å². The molecule has 1 amide bonds. The smallest absolute Gasteiger partial charge is 0.288 e. The number of fused-ring (bicyclic) bond motifs is 1. The second-order valence-electron chi connectivity index (χ2n) is 6.30. The zero-order chi connectivity index (χ0) is 16.5. The third-order valence-electron chi connectivity index (χ3n) is 4.73. The van der Waals surface area contributed by atoms with Crippen LogP contribution in [-0.2, 0) is 17.6 Å². The largest absolute Gasteiger partial charge is 0.378 e. The molecule has 0 spiro atoms. The Hall–Kier alpha value is -2.18. The molecule has 2 heterocycles. The van der Waals surface area contributed by atoms with E-state index in [1.807, 2.05) is 16.8 Å². The van der Waals surface area contributed by atoms with Gasteiger partial charge < -0.3 is 4.74 Å². The molecule has 1 saturated heterocycles. The van der Waals surface area contributed by atoms with E-state index in [0.29, 0.717) is 32.0 Å². The van der Waals surface area contributed by atoms with Gasteiger partial charge in [0.1, 0.15) is 0 Å². The summed E-state index contributed by atoms with van der Waals surface area (Å²) in [5.74, 6) is -0.0500. The van der Waals surface area contributed by atoms with Crippen molar-refractivity contribution >= 4 is 5.91 Å². The normalized spacial score (nSPS) is 17.6. The number of carbonyl (C=O) groups is 1. The number of hydrogen-bond donors (Lipinski definition) is 1. The fourth-order valence-corrected chi connectivity index (χ4v) is 3.50. The van der Waals surface area contributed by atoms with E-state index in [1.54, 1.807) is 5.01 Å². The molecule has 1 N–H and O–H groups in total. The summed E-state index contributed by atoms with van der Waals surface area (Å²) in [5, 5.41) is 6.36. The number of ether oxygens (including phenoxy) is 1. The van der Waals surface area contributed by atoms with Gasteiger partial charge in [-0.05, 0) is 37.8 Å². The van der Waals surface area contributed by atoms with Crippen LogP contribution in [0.1, 0.15) is 33.7 Å². The van der Waals surface area contributed by atoms with E-state index in [-0.39, 0.29) is 5.91 Å². The maximum Gasteiger partial charge on any atom is 0.288 e. The first kappa shape index (κ1) is 15.4. The van der Waals surface area contributed by atoms with Crippen LogP contribution < -0.4 is 5.43 Å². The average molecular weight is 326 g/mol.